The van der Waals surface area contributed by atoms with Crippen LogP contribution in [-0.2, 0) is 11.3 Å². The van der Waals surface area contributed by atoms with Crippen LogP contribution in [0, 0.1) is 0 Å². The van der Waals surface area contributed by atoms with E-state index >= 15 is 0 Å². The summed E-state index contributed by atoms with van der Waals surface area (Å²) in [5.41, 5.74) is 0.820. The smallest absolute Gasteiger partial charge is 0.297 e. The largest absolute Gasteiger partial charge is 0.432 e. The number of morpholine rings is 1. The summed E-state index contributed by atoms with van der Waals surface area (Å²) >= 11 is 0. The summed E-state index contributed by atoms with van der Waals surface area (Å²) in [6.07, 6.45) is 1.72. The van der Waals surface area contributed by atoms with Crippen LogP contribution in [0.4, 0.5) is 6.01 Å². The number of aromatic nitrogens is 1. The molecule has 2 heterocycles. The highest BCUT2D eigenvalue weighted by Gasteiger charge is 2.29. The molecule has 1 fully saturated rings. The Morgan fingerprint density at radius 3 is 3.06 bits per heavy atom. The summed E-state index contributed by atoms with van der Waals surface area (Å²) in [5, 5.41) is 3.23. The molecule has 0 radical (unpaired) electrons. The first kappa shape index (κ1) is 12.4. The van der Waals surface area contributed by atoms with E-state index in [4.69, 9.17) is 9.15 Å². The molecule has 1 N–H and O–H groups in total. The average Bonchev–Trinajstić information content (AvgIpc) is 2.73. The summed E-state index contributed by atoms with van der Waals surface area (Å²) in [6, 6.07) is 0.703. The second kappa shape index (κ2) is 5.06. The molecule has 0 atom stereocenters. The average molecular weight is 239 g/mol. The first-order valence-corrected chi connectivity index (χ1v) is 6.15. The zero-order valence-corrected chi connectivity index (χ0v) is 10.8. The van der Waals surface area contributed by atoms with Crippen molar-refractivity contribution in [2.75, 3.05) is 31.1 Å². The lowest BCUT2D eigenvalue weighted by Gasteiger charge is -2.37. The van der Waals surface area contributed by atoms with Crippen molar-refractivity contribution in [2.45, 2.75) is 32.9 Å². The van der Waals surface area contributed by atoms with Gasteiger partial charge in [0.05, 0.1) is 24.4 Å². The summed E-state index contributed by atoms with van der Waals surface area (Å²) in [4.78, 5) is 6.62. The van der Waals surface area contributed by atoms with Crippen LogP contribution in [0.1, 0.15) is 26.5 Å². The SMILES string of the molecule is CCNCc1coc(N2CCOC(C)(C)C2)n1. The first-order chi connectivity index (χ1) is 8.11. The molecule has 1 aliphatic rings. The molecule has 0 unspecified atom stereocenters. The molecular formula is C12H21N3O2. The summed E-state index contributed by atoms with van der Waals surface area (Å²) in [7, 11) is 0. The van der Waals surface area contributed by atoms with Crippen LogP contribution in [0.5, 0.6) is 0 Å². The van der Waals surface area contributed by atoms with Crippen LogP contribution >= 0.6 is 0 Å². The minimum atomic E-state index is -0.130. The van der Waals surface area contributed by atoms with E-state index in [0.717, 1.165) is 38.5 Å². The van der Waals surface area contributed by atoms with Gasteiger partial charge in [-0.3, -0.25) is 0 Å². The monoisotopic (exact) mass is 239 g/mol. The quantitative estimate of drug-likeness (QED) is 0.860. The van der Waals surface area contributed by atoms with Gasteiger partial charge in [0.1, 0.15) is 6.26 Å². The van der Waals surface area contributed by atoms with Gasteiger partial charge in [0.2, 0.25) is 0 Å². The van der Waals surface area contributed by atoms with Crippen molar-refractivity contribution in [1.29, 1.82) is 0 Å². The van der Waals surface area contributed by atoms with E-state index in [1.54, 1.807) is 6.26 Å². The maximum Gasteiger partial charge on any atom is 0.297 e. The Bertz CT molecular complexity index is 362. The van der Waals surface area contributed by atoms with E-state index in [1.807, 2.05) is 0 Å². The van der Waals surface area contributed by atoms with Crippen LogP contribution in [0.25, 0.3) is 0 Å². The highest BCUT2D eigenvalue weighted by atomic mass is 16.5. The van der Waals surface area contributed by atoms with Gasteiger partial charge >= 0.3 is 0 Å². The first-order valence-electron chi connectivity index (χ1n) is 6.15. The highest BCUT2D eigenvalue weighted by Crippen LogP contribution is 2.22. The fraction of sp³-hybridized carbons (Fsp3) is 0.750. The predicted molar refractivity (Wildman–Crippen MR) is 66.1 cm³/mol. The summed E-state index contributed by atoms with van der Waals surface area (Å²) in [6.45, 7) is 10.3. The minimum Gasteiger partial charge on any atom is -0.432 e. The van der Waals surface area contributed by atoms with E-state index in [9.17, 15) is 0 Å². The van der Waals surface area contributed by atoms with Gasteiger partial charge in [-0.15, -0.1) is 0 Å². The van der Waals surface area contributed by atoms with Crippen LogP contribution in [-0.4, -0.2) is 36.8 Å². The Hall–Kier alpha value is -1.07. The van der Waals surface area contributed by atoms with Crippen molar-refractivity contribution in [3.05, 3.63) is 12.0 Å². The number of oxazole rings is 1. The van der Waals surface area contributed by atoms with Crippen LogP contribution in [0.3, 0.4) is 0 Å². The summed E-state index contributed by atoms with van der Waals surface area (Å²) < 4.78 is 11.2. The third-order valence-electron chi connectivity index (χ3n) is 2.79. The van der Waals surface area contributed by atoms with Crippen molar-refractivity contribution in [3.8, 4) is 0 Å². The molecule has 1 aromatic heterocycles. The lowest BCUT2D eigenvalue weighted by atomic mass is 10.1. The Balaban J connectivity index is 1.99. The number of nitrogens with zero attached hydrogens (tertiary/aromatic N) is 2. The second-order valence-corrected chi connectivity index (χ2v) is 4.93. The van der Waals surface area contributed by atoms with E-state index in [1.165, 1.54) is 0 Å². The van der Waals surface area contributed by atoms with Gasteiger partial charge in [-0.05, 0) is 20.4 Å². The van der Waals surface area contributed by atoms with E-state index in [-0.39, 0.29) is 5.60 Å². The molecule has 2 rings (SSSR count). The normalized spacial score (nSPS) is 19.6. The van der Waals surface area contributed by atoms with Crippen LogP contribution in [0.2, 0.25) is 0 Å². The molecule has 0 aromatic carbocycles. The number of rotatable bonds is 4. The molecular weight excluding hydrogens is 218 g/mol. The molecule has 1 saturated heterocycles. The van der Waals surface area contributed by atoms with E-state index < -0.39 is 0 Å². The Morgan fingerprint density at radius 2 is 2.35 bits per heavy atom. The number of ether oxygens (including phenoxy) is 1. The van der Waals surface area contributed by atoms with Crippen molar-refractivity contribution in [2.24, 2.45) is 0 Å². The zero-order valence-electron chi connectivity index (χ0n) is 10.8. The molecule has 5 heteroatoms. The lowest BCUT2D eigenvalue weighted by molar-refractivity contribution is -0.0290. The van der Waals surface area contributed by atoms with Gasteiger partial charge in [-0.1, -0.05) is 6.92 Å². The maximum absolute atomic E-state index is 5.67. The molecule has 0 saturated carbocycles. The molecule has 0 amide bonds. The number of nitrogens with one attached hydrogen (secondary N) is 1. The maximum atomic E-state index is 5.67. The topological polar surface area (TPSA) is 50.5 Å². The van der Waals surface area contributed by atoms with Gasteiger partial charge in [0.25, 0.3) is 6.01 Å². The Morgan fingerprint density at radius 1 is 1.53 bits per heavy atom. The molecule has 96 valence electrons. The Kier molecular flexibility index (Phi) is 3.69. The fourth-order valence-electron chi connectivity index (χ4n) is 1.96. The molecule has 0 aliphatic carbocycles. The van der Waals surface area contributed by atoms with Gasteiger partial charge in [-0.2, -0.15) is 4.98 Å². The van der Waals surface area contributed by atoms with Gasteiger partial charge in [0.15, 0.2) is 0 Å². The van der Waals surface area contributed by atoms with E-state index in [0.29, 0.717) is 6.01 Å². The Labute approximate surface area is 102 Å². The van der Waals surface area contributed by atoms with Gasteiger partial charge in [0, 0.05) is 13.1 Å². The molecule has 0 bridgehead atoms. The second-order valence-electron chi connectivity index (χ2n) is 4.93. The van der Waals surface area contributed by atoms with E-state index in [2.05, 4.69) is 36.0 Å². The third-order valence-corrected chi connectivity index (χ3v) is 2.79. The molecule has 0 spiro atoms. The fourth-order valence-corrected chi connectivity index (χ4v) is 1.96. The van der Waals surface area contributed by atoms with Gasteiger partial charge < -0.3 is 19.4 Å². The number of hydrogen-bond acceptors (Lipinski definition) is 5. The number of hydrogen-bond donors (Lipinski definition) is 1. The van der Waals surface area contributed by atoms with Gasteiger partial charge in [-0.25, -0.2) is 0 Å². The van der Waals surface area contributed by atoms with Crippen molar-refractivity contribution < 1.29 is 9.15 Å². The zero-order chi connectivity index (χ0) is 12.3. The minimum absolute atomic E-state index is 0.130. The third kappa shape index (κ3) is 3.20. The van der Waals surface area contributed by atoms with Crippen LogP contribution < -0.4 is 10.2 Å². The highest BCUT2D eigenvalue weighted by molar-refractivity contribution is 5.28. The molecule has 5 nitrogen and oxygen atoms in total. The standard InChI is InChI=1S/C12H21N3O2/c1-4-13-7-10-8-16-11(14-10)15-5-6-17-12(2,3)9-15/h8,13H,4-7,9H2,1-3H3. The van der Waals surface area contributed by atoms with Crippen molar-refractivity contribution >= 4 is 6.01 Å². The number of anilines is 1. The molecule has 1 aromatic rings. The molecule has 1 aliphatic heterocycles. The predicted octanol–water partition coefficient (Wildman–Crippen LogP) is 1.40. The van der Waals surface area contributed by atoms with Crippen LogP contribution in [0.15, 0.2) is 10.7 Å². The molecule has 17 heavy (non-hydrogen) atoms. The lowest BCUT2D eigenvalue weighted by Crippen LogP contribution is -2.48. The summed E-state index contributed by atoms with van der Waals surface area (Å²) in [5.74, 6) is 0. The van der Waals surface area contributed by atoms with Crippen molar-refractivity contribution in [1.82, 2.24) is 10.3 Å². The van der Waals surface area contributed by atoms with Crippen molar-refractivity contribution in [3.63, 3.8) is 0 Å².